The number of hydrogen-bond acceptors (Lipinski definition) is 4. The maximum Gasteiger partial charge on any atom is 0.411 e. The van der Waals surface area contributed by atoms with Crippen molar-refractivity contribution < 1.29 is 19.1 Å². The maximum absolute atomic E-state index is 12.7. The molecular weight excluding hydrogens is 436 g/mol. The number of carbonyl (C=O) groups excluding carboxylic acids is 2. The molecule has 0 atom stereocenters. The Morgan fingerprint density at radius 2 is 1.59 bits per heavy atom. The van der Waals surface area contributed by atoms with E-state index in [1.165, 1.54) is 7.11 Å². The van der Waals surface area contributed by atoms with Gasteiger partial charge in [0.25, 0.3) is 5.91 Å². The van der Waals surface area contributed by atoms with Crippen LogP contribution in [0, 0.1) is 0 Å². The molecule has 0 saturated heterocycles. The molecule has 3 aromatic carbocycles. The number of nitrogens with one attached hydrogen (secondary N) is 2. The Hall–Kier alpha value is -3.32. The Morgan fingerprint density at radius 1 is 0.897 bits per heavy atom. The molecule has 2 amide bonds. The smallest absolute Gasteiger partial charge is 0.411 e. The molecule has 0 saturated carbocycles. The summed E-state index contributed by atoms with van der Waals surface area (Å²) in [7, 11) is 1.29. The van der Waals surface area contributed by atoms with Crippen LogP contribution >= 0.6 is 15.9 Å². The average molecular weight is 455 g/mol. The van der Waals surface area contributed by atoms with Crippen LogP contribution < -0.4 is 15.4 Å². The van der Waals surface area contributed by atoms with Gasteiger partial charge in [0, 0.05) is 15.8 Å². The lowest BCUT2D eigenvalue weighted by molar-refractivity contribution is 0.102. The number of carbonyl (C=O) groups is 2. The highest BCUT2D eigenvalue weighted by Gasteiger charge is 2.13. The first kappa shape index (κ1) is 20.4. The summed E-state index contributed by atoms with van der Waals surface area (Å²) in [6.07, 6.45) is -0.557. The quantitative estimate of drug-likeness (QED) is 0.518. The maximum atomic E-state index is 12.7. The van der Waals surface area contributed by atoms with E-state index in [-0.39, 0.29) is 5.91 Å². The van der Waals surface area contributed by atoms with Crippen LogP contribution in [0.4, 0.5) is 16.2 Å². The van der Waals surface area contributed by atoms with Gasteiger partial charge in [-0.1, -0.05) is 40.2 Å². The van der Waals surface area contributed by atoms with Gasteiger partial charge in [-0.25, -0.2) is 4.79 Å². The highest BCUT2D eigenvalue weighted by Crippen LogP contribution is 2.22. The van der Waals surface area contributed by atoms with Crippen molar-refractivity contribution in [1.29, 1.82) is 0 Å². The van der Waals surface area contributed by atoms with Gasteiger partial charge in [0.05, 0.1) is 12.7 Å². The topological polar surface area (TPSA) is 76.7 Å². The molecule has 3 aromatic rings. The summed E-state index contributed by atoms with van der Waals surface area (Å²) in [6, 6.07) is 21.6. The first-order valence-corrected chi connectivity index (χ1v) is 9.57. The van der Waals surface area contributed by atoms with E-state index < -0.39 is 6.09 Å². The van der Waals surface area contributed by atoms with E-state index in [1.807, 2.05) is 30.3 Å². The predicted octanol–water partition coefficient (Wildman–Crippen LogP) is 5.46. The Kier molecular flexibility index (Phi) is 6.86. The van der Waals surface area contributed by atoms with E-state index in [2.05, 4.69) is 31.3 Å². The Balaban J connectivity index is 1.67. The molecule has 0 aliphatic rings. The first-order chi connectivity index (χ1) is 14.0. The molecule has 0 aliphatic carbocycles. The molecule has 148 valence electrons. The molecular formula is C22H19BrN2O4. The predicted molar refractivity (Wildman–Crippen MR) is 115 cm³/mol. The van der Waals surface area contributed by atoms with E-state index in [1.54, 1.807) is 42.5 Å². The Bertz CT molecular complexity index is 1010. The Morgan fingerprint density at radius 3 is 2.28 bits per heavy atom. The highest BCUT2D eigenvalue weighted by molar-refractivity contribution is 9.10. The first-order valence-electron chi connectivity index (χ1n) is 8.78. The summed E-state index contributed by atoms with van der Waals surface area (Å²) in [5, 5.41) is 5.38. The van der Waals surface area contributed by atoms with Crippen LogP contribution in [-0.2, 0) is 11.3 Å². The van der Waals surface area contributed by atoms with Crippen molar-refractivity contribution in [1.82, 2.24) is 0 Å². The number of rotatable bonds is 6. The number of halogens is 1. The summed E-state index contributed by atoms with van der Waals surface area (Å²) in [5.74, 6) is 0.206. The zero-order valence-corrected chi connectivity index (χ0v) is 17.2. The third kappa shape index (κ3) is 5.83. The minimum Gasteiger partial charge on any atom is -0.488 e. The molecule has 0 aromatic heterocycles. The number of ether oxygens (including phenoxy) is 2. The van der Waals surface area contributed by atoms with Gasteiger partial charge in [-0.15, -0.1) is 0 Å². The lowest BCUT2D eigenvalue weighted by Gasteiger charge is -2.12. The lowest BCUT2D eigenvalue weighted by atomic mass is 10.1. The number of anilines is 2. The third-order valence-corrected chi connectivity index (χ3v) is 4.48. The van der Waals surface area contributed by atoms with Crippen molar-refractivity contribution >= 4 is 39.3 Å². The SMILES string of the molecule is COC(=O)Nc1ccc(NC(=O)c2ccccc2OCc2cccc(Br)c2)cc1. The molecule has 2 N–H and O–H groups in total. The molecule has 0 radical (unpaired) electrons. The second kappa shape index (κ2) is 9.75. The molecule has 7 heteroatoms. The molecule has 0 heterocycles. The summed E-state index contributed by atoms with van der Waals surface area (Å²) >= 11 is 3.44. The van der Waals surface area contributed by atoms with Crippen LogP contribution in [0.1, 0.15) is 15.9 Å². The van der Waals surface area contributed by atoms with Crippen molar-refractivity contribution in [3.63, 3.8) is 0 Å². The van der Waals surface area contributed by atoms with Crippen LogP contribution in [0.2, 0.25) is 0 Å². The van der Waals surface area contributed by atoms with Crippen LogP contribution in [0.5, 0.6) is 5.75 Å². The minimum absolute atomic E-state index is 0.288. The standard InChI is InChI=1S/C22H19BrN2O4/c1-28-22(27)25-18-11-9-17(10-12-18)24-21(26)19-7-2-3-8-20(19)29-14-15-5-4-6-16(23)13-15/h2-13H,14H2,1H3,(H,24,26)(H,25,27). The zero-order chi connectivity index (χ0) is 20.6. The van der Waals surface area contributed by atoms with Gasteiger partial charge >= 0.3 is 6.09 Å². The molecule has 0 aliphatic heterocycles. The molecule has 0 fully saturated rings. The second-order valence-electron chi connectivity index (χ2n) is 6.06. The summed E-state index contributed by atoms with van der Waals surface area (Å²) in [4.78, 5) is 24.0. The van der Waals surface area contributed by atoms with Crippen molar-refractivity contribution in [3.8, 4) is 5.75 Å². The fraction of sp³-hybridized carbons (Fsp3) is 0.0909. The highest BCUT2D eigenvalue weighted by atomic mass is 79.9. The lowest BCUT2D eigenvalue weighted by Crippen LogP contribution is -2.14. The van der Waals surface area contributed by atoms with Crippen molar-refractivity contribution in [2.24, 2.45) is 0 Å². The van der Waals surface area contributed by atoms with Crippen LogP contribution in [-0.4, -0.2) is 19.1 Å². The van der Waals surface area contributed by atoms with Gasteiger partial charge in [0.15, 0.2) is 0 Å². The Labute approximate surface area is 177 Å². The number of amides is 2. The van der Waals surface area contributed by atoms with Gasteiger partial charge < -0.3 is 14.8 Å². The monoisotopic (exact) mass is 454 g/mol. The molecule has 0 unspecified atom stereocenters. The molecule has 3 rings (SSSR count). The number of para-hydroxylation sites is 1. The molecule has 6 nitrogen and oxygen atoms in total. The van der Waals surface area contributed by atoms with E-state index in [4.69, 9.17) is 4.74 Å². The van der Waals surface area contributed by atoms with Crippen molar-refractivity contribution in [2.75, 3.05) is 17.7 Å². The fourth-order valence-electron chi connectivity index (χ4n) is 2.57. The number of hydrogen-bond donors (Lipinski definition) is 2. The molecule has 0 bridgehead atoms. The van der Waals surface area contributed by atoms with Gasteiger partial charge in [-0.3, -0.25) is 10.1 Å². The summed E-state index contributed by atoms with van der Waals surface area (Å²) < 4.78 is 11.4. The number of benzene rings is 3. The normalized spacial score (nSPS) is 10.1. The average Bonchev–Trinajstić information content (AvgIpc) is 2.74. The van der Waals surface area contributed by atoms with Crippen LogP contribution in [0.25, 0.3) is 0 Å². The van der Waals surface area contributed by atoms with Crippen molar-refractivity contribution in [2.45, 2.75) is 6.61 Å². The zero-order valence-electron chi connectivity index (χ0n) is 15.6. The summed E-state index contributed by atoms with van der Waals surface area (Å²) in [5.41, 5.74) is 2.57. The fourth-order valence-corrected chi connectivity index (χ4v) is 3.02. The van der Waals surface area contributed by atoms with E-state index >= 15 is 0 Å². The largest absolute Gasteiger partial charge is 0.488 e. The molecule has 29 heavy (non-hydrogen) atoms. The van der Waals surface area contributed by atoms with Crippen LogP contribution in [0.15, 0.2) is 77.3 Å². The van der Waals surface area contributed by atoms with E-state index in [0.29, 0.717) is 29.3 Å². The van der Waals surface area contributed by atoms with E-state index in [9.17, 15) is 9.59 Å². The van der Waals surface area contributed by atoms with Gasteiger partial charge in [-0.05, 0) is 54.1 Å². The van der Waals surface area contributed by atoms with Gasteiger partial charge in [-0.2, -0.15) is 0 Å². The molecule has 0 spiro atoms. The third-order valence-electron chi connectivity index (χ3n) is 3.99. The van der Waals surface area contributed by atoms with Crippen molar-refractivity contribution in [3.05, 3.63) is 88.4 Å². The van der Waals surface area contributed by atoms with Gasteiger partial charge in [0.1, 0.15) is 12.4 Å². The summed E-state index contributed by atoms with van der Waals surface area (Å²) in [6.45, 7) is 0.345. The van der Waals surface area contributed by atoms with E-state index in [0.717, 1.165) is 10.0 Å². The van der Waals surface area contributed by atoms with Crippen LogP contribution in [0.3, 0.4) is 0 Å². The number of methoxy groups -OCH3 is 1. The van der Waals surface area contributed by atoms with Gasteiger partial charge in [0.2, 0.25) is 0 Å². The minimum atomic E-state index is -0.557. The second-order valence-corrected chi connectivity index (χ2v) is 6.98.